The van der Waals surface area contributed by atoms with Gasteiger partial charge in [-0.05, 0) is 23.8 Å². The number of aromatic amines is 1. The first kappa shape index (κ1) is 14.3. The molecule has 0 aliphatic carbocycles. The van der Waals surface area contributed by atoms with Crippen molar-refractivity contribution >= 4 is 22.5 Å². The lowest BCUT2D eigenvalue weighted by Crippen LogP contribution is -2.22. The van der Waals surface area contributed by atoms with Crippen molar-refractivity contribution < 1.29 is 4.79 Å². The third-order valence-electron chi connectivity index (χ3n) is 4.03. The number of amides is 1. The number of hydrogen-bond acceptors (Lipinski definition) is 2. The van der Waals surface area contributed by atoms with Gasteiger partial charge in [0.1, 0.15) is 5.65 Å². The summed E-state index contributed by atoms with van der Waals surface area (Å²) in [6, 6.07) is 18.7. The molecule has 0 saturated heterocycles. The van der Waals surface area contributed by atoms with Crippen LogP contribution in [0.1, 0.15) is 15.9 Å². The molecule has 2 heterocycles. The summed E-state index contributed by atoms with van der Waals surface area (Å²) in [5, 5.41) is 3.49. The van der Waals surface area contributed by atoms with Crippen LogP contribution in [-0.2, 0) is 6.54 Å². The Balaban J connectivity index is 1.69. The van der Waals surface area contributed by atoms with Crippen molar-refractivity contribution in [2.24, 2.45) is 0 Å². The van der Waals surface area contributed by atoms with Gasteiger partial charge in [-0.15, -0.1) is 0 Å². The lowest BCUT2D eigenvalue weighted by molar-refractivity contribution is 0.0951. The summed E-state index contributed by atoms with van der Waals surface area (Å²) in [6.45, 7) is 0.461. The highest BCUT2D eigenvalue weighted by Crippen LogP contribution is 2.15. The van der Waals surface area contributed by atoms with E-state index in [4.69, 9.17) is 0 Å². The van der Waals surface area contributed by atoms with E-state index in [0.29, 0.717) is 23.1 Å². The number of carbonyl (C=O) groups excluding carboxylic acids is 1. The van der Waals surface area contributed by atoms with E-state index in [0.717, 1.165) is 11.1 Å². The number of para-hydroxylation sites is 1. The van der Waals surface area contributed by atoms with Gasteiger partial charge in [0, 0.05) is 12.7 Å². The number of fused-ring (bicyclic) bond motifs is 3. The Kier molecular flexibility index (Phi) is 3.39. The molecule has 0 spiro atoms. The number of benzene rings is 2. The average Bonchev–Trinajstić information content (AvgIpc) is 3.05. The lowest BCUT2D eigenvalue weighted by Gasteiger charge is -2.03. The Morgan fingerprint density at radius 3 is 2.62 bits per heavy atom. The summed E-state index contributed by atoms with van der Waals surface area (Å²) >= 11 is 0. The molecule has 4 rings (SSSR count). The molecule has 1 amide bonds. The van der Waals surface area contributed by atoms with Crippen molar-refractivity contribution in [3.8, 4) is 0 Å². The van der Waals surface area contributed by atoms with Gasteiger partial charge in [-0.3, -0.25) is 9.59 Å². The van der Waals surface area contributed by atoms with Crippen LogP contribution < -0.4 is 10.9 Å². The molecule has 0 atom stereocenters. The molecule has 0 aliphatic heterocycles. The Bertz CT molecular complexity index is 1090. The molecule has 0 fully saturated rings. The van der Waals surface area contributed by atoms with E-state index in [9.17, 15) is 9.59 Å². The standard InChI is InChI=1S/C19H15N3O2/c23-18(20-11-13-6-2-1-3-7-13)14-10-17-21-19(24)15-8-4-5-9-16(15)22(17)12-14/h1-10,12H,11H2,(H,20,23)(H,21,24). The van der Waals surface area contributed by atoms with Crippen LogP contribution in [0.25, 0.3) is 16.6 Å². The predicted octanol–water partition coefficient (Wildman–Crippen LogP) is 2.71. The highest BCUT2D eigenvalue weighted by atomic mass is 16.1. The van der Waals surface area contributed by atoms with Crippen LogP contribution in [0.2, 0.25) is 0 Å². The number of nitrogens with zero attached hydrogens (tertiary/aromatic N) is 1. The Morgan fingerprint density at radius 2 is 1.79 bits per heavy atom. The van der Waals surface area contributed by atoms with Gasteiger partial charge in [0.05, 0.1) is 16.5 Å². The molecule has 0 unspecified atom stereocenters. The zero-order valence-corrected chi connectivity index (χ0v) is 12.8. The van der Waals surface area contributed by atoms with Gasteiger partial charge < -0.3 is 14.7 Å². The number of aromatic nitrogens is 2. The van der Waals surface area contributed by atoms with Crippen LogP contribution in [0.4, 0.5) is 0 Å². The first-order valence-electron chi connectivity index (χ1n) is 7.67. The third-order valence-corrected chi connectivity index (χ3v) is 4.03. The van der Waals surface area contributed by atoms with E-state index >= 15 is 0 Å². The summed E-state index contributed by atoms with van der Waals surface area (Å²) in [5.74, 6) is -0.174. The normalized spacial score (nSPS) is 11.0. The molecule has 0 aliphatic rings. The summed E-state index contributed by atoms with van der Waals surface area (Å²) < 4.78 is 1.83. The molecule has 0 bridgehead atoms. The van der Waals surface area contributed by atoms with Gasteiger partial charge in [0.25, 0.3) is 11.5 Å². The molecular weight excluding hydrogens is 302 g/mol. The molecule has 0 saturated carbocycles. The lowest BCUT2D eigenvalue weighted by atomic mass is 10.2. The van der Waals surface area contributed by atoms with Gasteiger partial charge in [-0.1, -0.05) is 42.5 Å². The molecule has 2 aromatic heterocycles. The average molecular weight is 317 g/mol. The van der Waals surface area contributed by atoms with E-state index in [1.54, 1.807) is 18.3 Å². The van der Waals surface area contributed by atoms with Crippen molar-refractivity contribution in [2.75, 3.05) is 0 Å². The first-order chi connectivity index (χ1) is 11.7. The van der Waals surface area contributed by atoms with Gasteiger partial charge in [-0.2, -0.15) is 0 Å². The molecule has 4 aromatic rings. The van der Waals surface area contributed by atoms with Crippen molar-refractivity contribution in [1.29, 1.82) is 0 Å². The number of H-pyrrole nitrogens is 1. The van der Waals surface area contributed by atoms with E-state index in [1.807, 2.05) is 52.9 Å². The van der Waals surface area contributed by atoms with Crippen molar-refractivity contribution in [3.63, 3.8) is 0 Å². The monoisotopic (exact) mass is 317 g/mol. The van der Waals surface area contributed by atoms with Crippen LogP contribution in [0.15, 0.2) is 71.7 Å². The summed E-state index contributed by atoms with van der Waals surface area (Å²) in [4.78, 5) is 27.3. The topological polar surface area (TPSA) is 66.4 Å². The highest BCUT2D eigenvalue weighted by Gasteiger charge is 2.11. The minimum Gasteiger partial charge on any atom is -0.348 e. The minimum absolute atomic E-state index is 0.160. The zero-order valence-electron chi connectivity index (χ0n) is 12.8. The Hall–Kier alpha value is -3.34. The summed E-state index contributed by atoms with van der Waals surface area (Å²) in [6.07, 6.45) is 1.74. The smallest absolute Gasteiger partial charge is 0.258 e. The van der Waals surface area contributed by atoms with Gasteiger partial charge in [0.15, 0.2) is 0 Å². The largest absolute Gasteiger partial charge is 0.348 e. The third kappa shape index (κ3) is 2.46. The molecule has 5 heteroatoms. The van der Waals surface area contributed by atoms with Crippen molar-refractivity contribution in [2.45, 2.75) is 6.54 Å². The maximum Gasteiger partial charge on any atom is 0.258 e. The van der Waals surface area contributed by atoms with Crippen LogP contribution in [0, 0.1) is 0 Å². The van der Waals surface area contributed by atoms with Crippen LogP contribution in [0.5, 0.6) is 0 Å². The second-order valence-corrected chi connectivity index (χ2v) is 5.62. The predicted molar refractivity (Wildman–Crippen MR) is 93.1 cm³/mol. The molecule has 118 valence electrons. The quantitative estimate of drug-likeness (QED) is 0.610. The number of carbonyl (C=O) groups is 1. The maximum atomic E-state index is 12.4. The molecule has 2 N–H and O–H groups in total. The highest BCUT2D eigenvalue weighted by molar-refractivity contribution is 5.96. The fraction of sp³-hybridized carbons (Fsp3) is 0.0526. The van der Waals surface area contributed by atoms with Crippen molar-refractivity contribution in [1.82, 2.24) is 14.7 Å². The van der Waals surface area contributed by atoms with E-state index < -0.39 is 0 Å². The number of nitrogens with one attached hydrogen (secondary N) is 2. The second kappa shape index (κ2) is 5.70. The van der Waals surface area contributed by atoms with Gasteiger partial charge >= 0.3 is 0 Å². The second-order valence-electron chi connectivity index (χ2n) is 5.62. The Morgan fingerprint density at radius 1 is 1.04 bits per heavy atom. The van der Waals surface area contributed by atoms with E-state index in [2.05, 4.69) is 10.3 Å². The summed E-state index contributed by atoms with van der Waals surface area (Å²) in [5.41, 5.74) is 2.76. The molecule has 2 aromatic carbocycles. The maximum absolute atomic E-state index is 12.4. The fourth-order valence-electron chi connectivity index (χ4n) is 2.82. The van der Waals surface area contributed by atoms with Gasteiger partial charge in [-0.25, -0.2) is 0 Å². The van der Waals surface area contributed by atoms with E-state index in [-0.39, 0.29) is 11.5 Å². The number of rotatable bonds is 3. The number of hydrogen-bond donors (Lipinski definition) is 2. The van der Waals surface area contributed by atoms with Gasteiger partial charge in [0.2, 0.25) is 0 Å². The van der Waals surface area contributed by atoms with Crippen molar-refractivity contribution in [3.05, 3.63) is 88.3 Å². The van der Waals surface area contributed by atoms with Crippen LogP contribution >= 0.6 is 0 Å². The Labute approximate surface area is 137 Å². The van der Waals surface area contributed by atoms with Crippen LogP contribution in [0.3, 0.4) is 0 Å². The molecule has 0 radical (unpaired) electrons. The van der Waals surface area contributed by atoms with Crippen LogP contribution in [-0.4, -0.2) is 15.3 Å². The molecule has 5 nitrogen and oxygen atoms in total. The van der Waals surface area contributed by atoms with E-state index in [1.165, 1.54) is 0 Å². The summed E-state index contributed by atoms with van der Waals surface area (Å²) in [7, 11) is 0. The SMILES string of the molecule is O=C(NCc1ccccc1)c1cc2[nH]c(=O)c3ccccc3n2c1. The zero-order chi connectivity index (χ0) is 16.5. The first-order valence-corrected chi connectivity index (χ1v) is 7.67. The minimum atomic E-state index is -0.174. The molecular formula is C19H15N3O2. The fourth-order valence-corrected chi connectivity index (χ4v) is 2.82. The molecule has 24 heavy (non-hydrogen) atoms.